The number of nitrogens with one attached hydrogen (secondary N) is 1. The average Bonchev–Trinajstić information content (AvgIpc) is 2.22. The van der Waals surface area contributed by atoms with E-state index in [4.69, 9.17) is 4.74 Å². The second kappa shape index (κ2) is 6.55. The molecule has 0 fully saturated rings. The number of carbonyl (C=O) groups excluding carboxylic acids is 1. The van der Waals surface area contributed by atoms with E-state index in [-0.39, 0.29) is 5.56 Å². The Morgan fingerprint density at radius 3 is 2.36 bits per heavy atom. The van der Waals surface area contributed by atoms with Crippen molar-refractivity contribution in [1.82, 2.24) is 5.32 Å². The first-order valence-corrected chi connectivity index (χ1v) is 7.79. The molecule has 22 heavy (non-hydrogen) atoms. The van der Waals surface area contributed by atoms with Gasteiger partial charge in [-0.25, -0.2) is 13.6 Å². The van der Waals surface area contributed by atoms with Crippen molar-refractivity contribution < 1.29 is 30.6 Å². The molecule has 1 rings (SSSR count). The van der Waals surface area contributed by atoms with E-state index in [0.717, 1.165) is 12.1 Å². The molecule has 5 nitrogen and oxygen atoms in total. The van der Waals surface area contributed by atoms with Crippen LogP contribution >= 0.6 is 0 Å². The molecule has 0 spiro atoms. The summed E-state index contributed by atoms with van der Waals surface area (Å²) < 4.78 is 66.0. The molecule has 0 saturated carbocycles. The summed E-state index contributed by atoms with van der Waals surface area (Å²) in [5.41, 5.74) is -1.25. The molecule has 0 radical (unpaired) electrons. The van der Waals surface area contributed by atoms with Gasteiger partial charge >= 0.3 is 16.3 Å². The van der Waals surface area contributed by atoms with Gasteiger partial charge in [0.2, 0.25) is 0 Å². The van der Waals surface area contributed by atoms with E-state index in [9.17, 15) is 25.9 Å². The molecule has 0 aliphatic carbocycles. The van der Waals surface area contributed by atoms with Crippen LogP contribution in [0.2, 0.25) is 0 Å². The molecule has 0 aliphatic heterocycles. The number of alkyl carbamates (subject to hydrolysis) is 1. The van der Waals surface area contributed by atoms with Crippen LogP contribution in [-0.2, 0) is 15.0 Å². The summed E-state index contributed by atoms with van der Waals surface area (Å²) in [5, 5.41) is 2.06. The predicted molar refractivity (Wildman–Crippen MR) is 73.4 cm³/mol. The van der Waals surface area contributed by atoms with E-state index < -0.39 is 45.3 Å². The maximum Gasteiger partial charge on any atom is 0.408 e. The second-order valence-corrected chi connectivity index (χ2v) is 6.98. The van der Waals surface area contributed by atoms with Crippen molar-refractivity contribution in [3.05, 3.63) is 35.4 Å². The van der Waals surface area contributed by atoms with Crippen LogP contribution < -0.4 is 5.32 Å². The van der Waals surface area contributed by atoms with Gasteiger partial charge in [0.1, 0.15) is 23.0 Å². The lowest BCUT2D eigenvalue weighted by molar-refractivity contribution is 0.0508. The van der Waals surface area contributed by atoms with Gasteiger partial charge in [-0.3, -0.25) is 0 Å². The molecule has 1 N–H and O–H groups in total. The van der Waals surface area contributed by atoms with Crippen molar-refractivity contribution in [2.75, 3.05) is 5.75 Å². The largest absolute Gasteiger partial charge is 0.444 e. The molecule has 1 amide bonds. The van der Waals surface area contributed by atoms with Gasteiger partial charge in [0.05, 0.1) is 6.04 Å². The minimum atomic E-state index is -5.02. The van der Waals surface area contributed by atoms with Crippen molar-refractivity contribution in [2.45, 2.75) is 32.4 Å². The van der Waals surface area contributed by atoms with Gasteiger partial charge < -0.3 is 10.1 Å². The summed E-state index contributed by atoms with van der Waals surface area (Å²) in [5.74, 6) is -3.19. The lowest BCUT2D eigenvalue weighted by Crippen LogP contribution is -2.37. The second-order valence-electron chi connectivity index (χ2n) is 5.57. The SMILES string of the molecule is CC(C)(C)OC(=O)NC(CS(=O)(=O)F)c1ccc(F)cc1F. The van der Waals surface area contributed by atoms with Crippen LogP contribution in [0.1, 0.15) is 32.4 Å². The molecule has 1 aromatic rings. The third-order valence-electron chi connectivity index (χ3n) is 2.39. The Balaban J connectivity index is 3.06. The van der Waals surface area contributed by atoms with E-state index in [1.807, 2.05) is 0 Å². The topological polar surface area (TPSA) is 72.5 Å². The number of benzene rings is 1. The smallest absolute Gasteiger partial charge is 0.408 e. The Hall–Kier alpha value is -1.77. The molecule has 0 heterocycles. The van der Waals surface area contributed by atoms with E-state index in [1.54, 1.807) is 20.8 Å². The Morgan fingerprint density at radius 2 is 1.91 bits per heavy atom. The quantitative estimate of drug-likeness (QED) is 0.856. The Morgan fingerprint density at radius 1 is 1.32 bits per heavy atom. The summed E-state index contributed by atoms with van der Waals surface area (Å²) in [4.78, 5) is 11.7. The summed E-state index contributed by atoms with van der Waals surface area (Å²) >= 11 is 0. The van der Waals surface area contributed by atoms with Crippen LogP contribution in [0.5, 0.6) is 0 Å². The first-order valence-electron chi connectivity index (χ1n) is 6.24. The van der Waals surface area contributed by atoms with E-state index in [2.05, 4.69) is 5.32 Å². The number of hydrogen-bond acceptors (Lipinski definition) is 4. The van der Waals surface area contributed by atoms with Crippen LogP contribution in [0, 0.1) is 11.6 Å². The van der Waals surface area contributed by atoms with Crippen LogP contribution in [0.25, 0.3) is 0 Å². The van der Waals surface area contributed by atoms with Crippen LogP contribution in [-0.4, -0.2) is 25.9 Å². The molecule has 1 atom stereocenters. The lowest BCUT2D eigenvalue weighted by atomic mass is 10.1. The molecular formula is C13H16F3NO4S. The number of rotatable bonds is 4. The van der Waals surface area contributed by atoms with Crippen molar-refractivity contribution in [2.24, 2.45) is 0 Å². The molecule has 0 aromatic heterocycles. The molecule has 1 aromatic carbocycles. The molecule has 9 heteroatoms. The maximum absolute atomic E-state index is 13.7. The Kier molecular flexibility index (Phi) is 5.44. The molecule has 0 bridgehead atoms. The van der Waals surface area contributed by atoms with E-state index >= 15 is 0 Å². The van der Waals surface area contributed by atoms with Gasteiger partial charge in [0.15, 0.2) is 0 Å². The van der Waals surface area contributed by atoms with Crippen molar-refractivity contribution in [1.29, 1.82) is 0 Å². The fraction of sp³-hybridized carbons (Fsp3) is 0.462. The van der Waals surface area contributed by atoms with Crippen molar-refractivity contribution >= 4 is 16.3 Å². The van der Waals surface area contributed by atoms with E-state index in [1.165, 1.54) is 0 Å². The number of ether oxygens (including phenoxy) is 1. The highest BCUT2D eigenvalue weighted by atomic mass is 32.3. The van der Waals surface area contributed by atoms with Crippen LogP contribution in [0.3, 0.4) is 0 Å². The fourth-order valence-corrected chi connectivity index (χ4v) is 2.30. The molecule has 124 valence electrons. The zero-order valence-corrected chi connectivity index (χ0v) is 13.0. The van der Waals surface area contributed by atoms with Gasteiger partial charge in [-0.05, 0) is 26.8 Å². The Bertz CT molecular complexity index is 656. The monoisotopic (exact) mass is 339 g/mol. The molecular weight excluding hydrogens is 323 g/mol. The number of amides is 1. The van der Waals surface area contributed by atoms with Gasteiger partial charge in [-0.15, -0.1) is 3.89 Å². The number of halogens is 3. The number of carbonyl (C=O) groups is 1. The number of hydrogen-bond donors (Lipinski definition) is 1. The van der Waals surface area contributed by atoms with Crippen molar-refractivity contribution in [3.63, 3.8) is 0 Å². The average molecular weight is 339 g/mol. The summed E-state index contributed by atoms with van der Waals surface area (Å²) in [6.07, 6.45) is -1.05. The fourth-order valence-electron chi connectivity index (χ4n) is 1.64. The standard InChI is InChI=1S/C13H16F3NO4S/c1-13(2,3)21-12(18)17-11(7-22(16,19)20)9-5-4-8(14)6-10(9)15/h4-6,11H,7H2,1-3H3,(H,17,18). The molecule has 0 aliphatic rings. The molecule has 1 unspecified atom stereocenters. The lowest BCUT2D eigenvalue weighted by Gasteiger charge is -2.23. The predicted octanol–water partition coefficient (Wildman–Crippen LogP) is 2.83. The third-order valence-corrected chi connectivity index (χ3v) is 3.13. The molecule has 0 saturated heterocycles. The maximum atomic E-state index is 13.7. The van der Waals surface area contributed by atoms with E-state index in [0.29, 0.717) is 6.07 Å². The zero-order valence-electron chi connectivity index (χ0n) is 12.2. The summed E-state index contributed by atoms with van der Waals surface area (Å²) in [6.45, 7) is 4.68. The highest BCUT2D eigenvalue weighted by Crippen LogP contribution is 2.21. The summed E-state index contributed by atoms with van der Waals surface area (Å²) in [6, 6.07) is 0.750. The van der Waals surface area contributed by atoms with Gasteiger partial charge in [0.25, 0.3) is 0 Å². The first kappa shape index (κ1) is 18.3. The Labute approximate surface area is 126 Å². The van der Waals surface area contributed by atoms with Gasteiger partial charge in [-0.2, -0.15) is 8.42 Å². The van der Waals surface area contributed by atoms with Gasteiger partial charge in [0, 0.05) is 11.6 Å². The first-order chi connectivity index (χ1) is 9.87. The van der Waals surface area contributed by atoms with Gasteiger partial charge in [-0.1, -0.05) is 6.07 Å². The highest BCUT2D eigenvalue weighted by molar-refractivity contribution is 7.86. The highest BCUT2D eigenvalue weighted by Gasteiger charge is 2.27. The minimum Gasteiger partial charge on any atom is -0.444 e. The summed E-state index contributed by atoms with van der Waals surface area (Å²) in [7, 11) is -5.02. The minimum absolute atomic E-state index is 0.367. The van der Waals surface area contributed by atoms with Crippen LogP contribution in [0.4, 0.5) is 17.5 Å². The zero-order chi connectivity index (χ0) is 17.1. The van der Waals surface area contributed by atoms with Crippen LogP contribution in [0.15, 0.2) is 18.2 Å². The van der Waals surface area contributed by atoms with Crippen molar-refractivity contribution in [3.8, 4) is 0 Å². The normalized spacial score (nSPS) is 13.5. The third kappa shape index (κ3) is 6.33.